The van der Waals surface area contributed by atoms with Crippen molar-refractivity contribution in [1.29, 1.82) is 0 Å². The van der Waals surface area contributed by atoms with Crippen LogP contribution in [0, 0.1) is 11.8 Å². The van der Waals surface area contributed by atoms with Crippen LogP contribution in [0.1, 0.15) is 31.7 Å². The quantitative estimate of drug-likeness (QED) is 0.733. The number of rotatable bonds is 5. The zero-order valence-corrected chi connectivity index (χ0v) is 18.2. The van der Waals surface area contributed by atoms with Gasteiger partial charge in [0, 0.05) is 49.5 Å². The summed E-state index contributed by atoms with van der Waals surface area (Å²) in [6.45, 7) is 5.71. The molecule has 0 aliphatic carbocycles. The normalized spacial score (nSPS) is 19.7. The molecular formula is C26H31N3O2. The molecule has 1 unspecified atom stereocenters. The molecule has 2 fully saturated rings. The van der Waals surface area contributed by atoms with Crippen molar-refractivity contribution in [3.05, 3.63) is 66.2 Å². The molecule has 5 nitrogen and oxygen atoms in total. The number of nitrogens with one attached hydrogen (secondary N) is 1. The molecule has 0 saturated carbocycles. The zero-order valence-electron chi connectivity index (χ0n) is 18.2. The lowest BCUT2D eigenvalue weighted by Crippen LogP contribution is -2.40. The summed E-state index contributed by atoms with van der Waals surface area (Å²) in [4.78, 5) is 29.4. The van der Waals surface area contributed by atoms with Crippen molar-refractivity contribution in [1.82, 2.24) is 4.90 Å². The van der Waals surface area contributed by atoms with Gasteiger partial charge in [-0.25, -0.2) is 0 Å². The molecule has 0 spiro atoms. The monoisotopic (exact) mass is 417 g/mol. The third-order valence-corrected chi connectivity index (χ3v) is 6.32. The van der Waals surface area contributed by atoms with E-state index in [2.05, 4.69) is 29.3 Å². The summed E-state index contributed by atoms with van der Waals surface area (Å²) in [6, 6.07) is 18.0. The Hall–Kier alpha value is -3.08. The van der Waals surface area contributed by atoms with E-state index in [1.54, 1.807) is 6.08 Å². The van der Waals surface area contributed by atoms with E-state index in [9.17, 15) is 9.59 Å². The molecule has 5 heteroatoms. The number of hydrogen-bond acceptors (Lipinski definition) is 3. The van der Waals surface area contributed by atoms with Gasteiger partial charge in [0.2, 0.25) is 11.8 Å². The third-order valence-electron chi connectivity index (χ3n) is 6.32. The molecule has 162 valence electrons. The first-order valence-corrected chi connectivity index (χ1v) is 11.3. The van der Waals surface area contributed by atoms with Crippen molar-refractivity contribution >= 4 is 29.3 Å². The van der Waals surface area contributed by atoms with E-state index < -0.39 is 0 Å². The molecule has 0 aromatic heterocycles. The Morgan fingerprint density at radius 3 is 2.29 bits per heavy atom. The van der Waals surface area contributed by atoms with Gasteiger partial charge < -0.3 is 15.1 Å². The summed E-state index contributed by atoms with van der Waals surface area (Å²) in [5, 5.41) is 3.05. The molecule has 2 aromatic carbocycles. The van der Waals surface area contributed by atoms with Gasteiger partial charge in [-0.15, -0.1) is 0 Å². The van der Waals surface area contributed by atoms with Gasteiger partial charge in [-0.1, -0.05) is 37.3 Å². The fourth-order valence-electron chi connectivity index (χ4n) is 4.37. The van der Waals surface area contributed by atoms with Crippen LogP contribution in [-0.2, 0) is 9.59 Å². The van der Waals surface area contributed by atoms with Crippen LogP contribution in [0.4, 0.5) is 11.4 Å². The maximum Gasteiger partial charge on any atom is 0.246 e. The van der Waals surface area contributed by atoms with Crippen LogP contribution in [-0.4, -0.2) is 42.9 Å². The largest absolute Gasteiger partial charge is 0.371 e. The molecule has 1 atom stereocenters. The van der Waals surface area contributed by atoms with E-state index in [1.165, 1.54) is 12.1 Å². The Kier molecular flexibility index (Phi) is 6.70. The fraction of sp³-hybridized carbons (Fsp3) is 0.385. The predicted octanol–water partition coefficient (Wildman–Crippen LogP) is 4.42. The van der Waals surface area contributed by atoms with E-state index in [0.717, 1.165) is 30.3 Å². The van der Waals surface area contributed by atoms with Gasteiger partial charge in [-0.2, -0.15) is 0 Å². The minimum absolute atomic E-state index is 0.00883. The second-order valence-corrected chi connectivity index (χ2v) is 8.72. The first-order valence-electron chi connectivity index (χ1n) is 11.3. The lowest BCUT2D eigenvalue weighted by molar-refractivity contribution is -0.130. The van der Waals surface area contributed by atoms with Gasteiger partial charge in [0.05, 0.1) is 0 Å². The highest BCUT2D eigenvalue weighted by atomic mass is 16.2. The number of nitrogens with zero attached hydrogens (tertiary/aromatic N) is 2. The van der Waals surface area contributed by atoms with E-state index in [1.807, 2.05) is 53.4 Å². The molecule has 2 saturated heterocycles. The van der Waals surface area contributed by atoms with Crippen LogP contribution in [0.15, 0.2) is 60.7 Å². The average Bonchev–Trinajstić information content (AvgIpc) is 3.25. The summed E-state index contributed by atoms with van der Waals surface area (Å²) in [7, 11) is 0. The topological polar surface area (TPSA) is 52.7 Å². The summed E-state index contributed by atoms with van der Waals surface area (Å²) >= 11 is 0. The standard InChI is InChI=1S/C26H31N3O2/c1-20-13-16-29(19-20)24-10-8-23(9-11-24)27-26(31)22-14-17-28(18-15-22)25(30)12-7-21-5-3-2-4-6-21/h2-12,20,22H,13-19H2,1H3,(H,27,31)/b12-7+. The number of hydrogen-bond donors (Lipinski definition) is 1. The van der Waals surface area contributed by atoms with E-state index in [-0.39, 0.29) is 17.7 Å². The molecule has 0 radical (unpaired) electrons. The van der Waals surface area contributed by atoms with E-state index in [0.29, 0.717) is 25.9 Å². The fourth-order valence-corrected chi connectivity index (χ4v) is 4.37. The highest BCUT2D eigenvalue weighted by Gasteiger charge is 2.26. The van der Waals surface area contributed by atoms with Crippen LogP contribution in [0.25, 0.3) is 6.08 Å². The zero-order chi connectivity index (χ0) is 21.6. The Morgan fingerprint density at radius 2 is 1.65 bits per heavy atom. The first kappa shape index (κ1) is 21.2. The molecule has 0 bridgehead atoms. The van der Waals surface area contributed by atoms with Gasteiger partial charge in [0.15, 0.2) is 0 Å². The molecule has 2 heterocycles. The maximum absolute atomic E-state index is 12.7. The highest BCUT2D eigenvalue weighted by Crippen LogP contribution is 2.25. The number of carbonyl (C=O) groups excluding carboxylic acids is 2. The number of benzene rings is 2. The number of anilines is 2. The second kappa shape index (κ2) is 9.82. The maximum atomic E-state index is 12.7. The Balaban J connectivity index is 1.24. The van der Waals surface area contributed by atoms with Gasteiger partial charge >= 0.3 is 0 Å². The molecule has 2 amide bonds. The lowest BCUT2D eigenvalue weighted by atomic mass is 9.95. The summed E-state index contributed by atoms with van der Waals surface area (Å²) in [5.74, 6) is 0.747. The summed E-state index contributed by atoms with van der Waals surface area (Å²) in [6.07, 6.45) is 6.09. The number of carbonyl (C=O) groups is 2. The molecule has 4 rings (SSSR count). The van der Waals surface area contributed by atoms with Crippen molar-refractivity contribution in [3.8, 4) is 0 Å². The predicted molar refractivity (Wildman–Crippen MR) is 126 cm³/mol. The Morgan fingerprint density at radius 1 is 0.935 bits per heavy atom. The first-order chi connectivity index (χ1) is 15.1. The summed E-state index contributed by atoms with van der Waals surface area (Å²) < 4.78 is 0. The molecule has 2 aliphatic heterocycles. The Bertz CT molecular complexity index is 915. The second-order valence-electron chi connectivity index (χ2n) is 8.72. The number of piperidine rings is 1. The van der Waals surface area contributed by atoms with Crippen LogP contribution in [0.2, 0.25) is 0 Å². The molecule has 31 heavy (non-hydrogen) atoms. The Labute approximate surface area is 184 Å². The number of amides is 2. The summed E-state index contributed by atoms with van der Waals surface area (Å²) in [5.41, 5.74) is 3.07. The van der Waals surface area contributed by atoms with E-state index >= 15 is 0 Å². The average molecular weight is 418 g/mol. The minimum Gasteiger partial charge on any atom is -0.371 e. The molecule has 2 aliphatic rings. The van der Waals surface area contributed by atoms with Crippen LogP contribution < -0.4 is 10.2 Å². The smallest absolute Gasteiger partial charge is 0.246 e. The van der Waals surface area contributed by atoms with Crippen LogP contribution in [0.3, 0.4) is 0 Å². The van der Waals surface area contributed by atoms with Crippen LogP contribution in [0.5, 0.6) is 0 Å². The van der Waals surface area contributed by atoms with Crippen molar-refractivity contribution in [2.75, 3.05) is 36.4 Å². The molecule has 2 aromatic rings. The third kappa shape index (κ3) is 5.54. The van der Waals surface area contributed by atoms with Gasteiger partial charge in [-0.05, 0) is 61.1 Å². The minimum atomic E-state index is -0.0544. The van der Waals surface area contributed by atoms with Crippen LogP contribution >= 0.6 is 0 Å². The van der Waals surface area contributed by atoms with Crippen molar-refractivity contribution in [2.24, 2.45) is 11.8 Å². The van der Waals surface area contributed by atoms with E-state index in [4.69, 9.17) is 0 Å². The SMILES string of the molecule is CC1CCN(c2ccc(NC(=O)C3CCN(C(=O)/C=C/c4ccccc4)CC3)cc2)C1. The molecule has 1 N–H and O–H groups in total. The van der Waals surface area contributed by atoms with Crippen molar-refractivity contribution in [3.63, 3.8) is 0 Å². The lowest BCUT2D eigenvalue weighted by Gasteiger charge is -2.30. The highest BCUT2D eigenvalue weighted by molar-refractivity contribution is 5.94. The van der Waals surface area contributed by atoms with Gasteiger partial charge in [0.1, 0.15) is 0 Å². The van der Waals surface area contributed by atoms with Gasteiger partial charge in [0.25, 0.3) is 0 Å². The van der Waals surface area contributed by atoms with Crippen molar-refractivity contribution in [2.45, 2.75) is 26.2 Å². The van der Waals surface area contributed by atoms with Gasteiger partial charge in [-0.3, -0.25) is 9.59 Å². The number of likely N-dealkylation sites (tertiary alicyclic amines) is 1. The molecular weight excluding hydrogens is 386 g/mol. The van der Waals surface area contributed by atoms with Crippen molar-refractivity contribution < 1.29 is 9.59 Å².